The first kappa shape index (κ1) is 24.3. The molecule has 0 atom stereocenters. The van der Waals surface area contributed by atoms with E-state index in [1.54, 1.807) is 35.2 Å². The summed E-state index contributed by atoms with van der Waals surface area (Å²) < 4.78 is 5.71. The zero-order valence-corrected chi connectivity index (χ0v) is 20.4. The van der Waals surface area contributed by atoms with E-state index in [4.69, 9.17) is 4.42 Å². The van der Waals surface area contributed by atoms with Crippen molar-refractivity contribution in [1.82, 2.24) is 9.80 Å². The Hall–Kier alpha value is -4.38. The SMILES string of the molecule is O=C(CN1C(=O)S/C(=C/c2ccc(-c3ccccc3[N+](=O)[O-])o2)C1=O)N1CCN(c2ccccc2)CC1. The largest absolute Gasteiger partial charge is 0.456 e. The van der Waals surface area contributed by atoms with Crippen molar-refractivity contribution in [3.8, 4) is 11.3 Å². The standard InChI is InChI=1S/C26H22N4O6S/c31-24(28-14-12-27(13-15-28)18-6-2-1-3-7-18)17-29-25(32)23(37-26(29)33)16-19-10-11-22(36-19)20-8-4-5-9-21(20)30(34)35/h1-11,16H,12-15,17H2/b23-16+. The van der Waals surface area contributed by atoms with Crippen LogP contribution in [0.5, 0.6) is 0 Å². The number of thioether (sulfide) groups is 1. The summed E-state index contributed by atoms with van der Waals surface area (Å²) in [5.74, 6) is -0.326. The van der Waals surface area contributed by atoms with Gasteiger partial charge in [-0.1, -0.05) is 30.3 Å². The van der Waals surface area contributed by atoms with Crippen molar-refractivity contribution in [3.63, 3.8) is 0 Å². The Morgan fingerprint density at radius 3 is 2.41 bits per heavy atom. The third-order valence-electron chi connectivity index (χ3n) is 6.19. The number of hydrogen-bond donors (Lipinski definition) is 0. The molecule has 2 saturated heterocycles. The second-order valence-electron chi connectivity index (χ2n) is 8.45. The number of carbonyl (C=O) groups excluding carboxylic acids is 3. The van der Waals surface area contributed by atoms with Gasteiger partial charge in [0, 0.05) is 44.0 Å². The number of furan rings is 1. The van der Waals surface area contributed by atoms with Crippen LogP contribution in [-0.4, -0.2) is 64.5 Å². The Morgan fingerprint density at radius 2 is 1.68 bits per heavy atom. The summed E-state index contributed by atoms with van der Waals surface area (Å²) in [6, 6.07) is 19.2. The molecular formula is C26H22N4O6S. The molecule has 11 heteroatoms. The van der Waals surface area contributed by atoms with Gasteiger partial charge in [-0.2, -0.15) is 0 Å². The van der Waals surface area contributed by atoms with E-state index in [1.165, 1.54) is 12.1 Å². The number of rotatable bonds is 6. The number of nitro benzene ring substituents is 1. The molecule has 0 radical (unpaired) electrons. The van der Waals surface area contributed by atoms with Crippen LogP contribution in [0.2, 0.25) is 0 Å². The lowest BCUT2D eigenvalue weighted by Gasteiger charge is -2.36. The first-order valence-electron chi connectivity index (χ1n) is 11.6. The van der Waals surface area contributed by atoms with Crippen LogP contribution in [0, 0.1) is 10.1 Å². The Morgan fingerprint density at radius 1 is 0.973 bits per heavy atom. The third kappa shape index (κ3) is 5.12. The van der Waals surface area contributed by atoms with Gasteiger partial charge in [-0.15, -0.1) is 0 Å². The van der Waals surface area contributed by atoms with Crippen LogP contribution >= 0.6 is 11.8 Å². The van der Waals surface area contributed by atoms with Crippen molar-refractivity contribution in [3.05, 3.63) is 87.5 Å². The average Bonchev–Trinajstić information content (AvgIpc) is 3.49. The quantitative estimate of drug-likeness (QED) is 0.270. The minimum absolute atomic E-state index is 0.105. The lowest BCUT2D eigenvalue weighted by atomic mass is 10.1. The van der Waals surface area contributed by atoms with Gasteiger partial charge in [-0.3, -0.25) is 29.4 Å². The van der Waals surface area contributed by atoms with Crippen LogP contribution in [0.3, 0.4) is 0 Å². The number of amides is 3. The van der Waals surface area contributed by atoms with Gasteiger partial charge in [0.2, 0.25) is 5.91 Å². The Labute approximate surface area is 216 Å². The molecule has 2 aromatic carbocycles. The molecular weight excluding hydrogens is 496 g/mol. The number of imide groups is 1. The van der Waals surface area contributed by atoms with Crippen LogP contribution in [0.1, 0.15) is 5.76 Å². The minimum Gasteiger partial charge on any atom is -0.456 e. The second kappa shape index (κ2) is 10.3. The summed E-state index contributed by atoms with van der Waals surface area (Å²) in [5, 5.41) is 10.8. The van der Waals surface area contributed by atoms with Crippen LogP contribution in [0.15, 0.2) is 76.1 Å². The smallest absolute Gasteiger partial charge is 0.294 e. The highest BCUT2D eigenvalue weighted by Crippen LogP contribution is 2.35. The van der Waals surface area contributed by atoms with E-state index >= 15 is 0 Å². The second-order valence-corrected chi connectivity index (χ2v) is 9.44. The van der Waals surface area contributed by atoms with Crippen LogP contribution in [0.4, 0.5) is 16.2 Å². The number of hydrogen-bond acceptors (Lipinski definition) is 8. The summed E-state index contributed by atoms with van der Waals surface area (Å²) in [6.07, 6.45) is 1.41. The van der Waals surface area contributed by atoms with Gasteiger partial charge < -0.3 is 14.2 Å². The fourth-order valence-electron chi connectivity index (χ4n) is 4.27. The zero-order chi connectivity index (χ0) is 25.9. The molecule has 3 heterocycles. The number of piperazine rings is 1. The van der Waals surface area contributed by atoms with Gasteiger partial charge in [-0.25, -0.2) is 0 Å². The van der Waals surface area contributed by atoms with E-state index in [2.05, 4.69) is 4.90 Å². The molecule has 0 N–H and O–H groups in total. The molecule has 188 valence electrons. The maximum Gasteiger partial charge on any atom is 0.294 e. The highest BCUT2D eigenvalue weighted by Gasteiger charge is 2.37. The molecule has 5 rings (SSSR count). The first-order chi connectivity index (χ1) is 17.9. The number of benzene rings is 2. The molecule has 2 aliphatic rings. The maximum atomic E-state index is 12.9. The molecule has 0 unspecified atom stereocenters. The normalized spacial score (nSPS) is 17.1. The lowest BCUT2D eigenvalue weighted by Crippen LogP contribution is -2.51. The maximum absolute atomic E-state index is 12.9. The fraction of sp³-hybridized carbons (Fsp3) is 0.192. The van der Waals surface area contributed by atoms with Crippen molar-refractivity contribution in [1.29, 1.82) is 0 Å². The van der Waals surface area contributed by atoms with E-state index in [0.29, 0.717) is 31.7 Å². The summed E-state index contributed by atoms with van der Waals surface area (Å²) in [5.41, 5.74) is 1.29. The van der Waals surface area contributed by atoms with Crippen molar-refractivity contribution in [2.45, 2.75) is 0 Å². The number of anilines is 1. The molecule has 37 heavy (non-hydrogen) atoms. The van der Waals surface area contributed by atoms with Crippen LogP contribution in [0.25, 0.3) is 17.4 Å². The van der Waals surface area contributed by atoms with Gasteiger partial charge in [-0.05, 0) is 42.1 Å². The number of nitro groups is 1. The Bertz CT molecular complexity index is 1390. The summed E-state index contributed by atoms with van der Waals surface area (Å²) >= 11 is 0.727. The highest BCUT2D eigenvalue weighted by atomic mass is 32.2. The third-order valence-corrected chi connectivity index (χ3v) is 7.09. The molecule has 2 fully saturated rings. The van der Waals surface area contributed by atoms with E-state index in [-0.39, 0.29) is 34.6 Å². The molecule has 0 bridgehead atoms. The number of carbonyl (C=O) groups is 3. The molecule has 10 nitrogen and oxygen atoms in total. The summed E-state index contributed by atoms with van der Waals surface area (Å²) in [7, 11) is 0. The monoisotopic (exact) mass is 518 g/mol. The van der Waals surface area contributed by atoms with Gasteiger partial charge in [0.25, 0.3) is 16.8 Å². The topological polar surface area (TPSA) is 117 Å². The average molecular weight is 519 g/mol. The van der Waals surface area contributed by atoms with E-state index < -0.39 is 16.1 Å². The predicted molar refractivity (Wildman–Crippen MR) is 139 cm³/mol. The van der Waals surface area contributed by atoms with E-state index in [0.717, 1.165) is 22.3 Å². The van der Waals surface area contributed by atoms with Gasteiger partial charge >= 0.3 is 0 Å². The van der Waals surface area contributed by atoms with Crippen molar-refractivity contribution < 1.29 is 23.7 Å². The molecule has 2 aliphatic heterocycles. The minimum atomic E-state index is -0.574. The van der Waals surface area contributed by atoms with E-state index in [1.807, 2.05) is 30.3 Å². The van der Waals surface area contributed by atoms with Gasteiger partial charge in [0.1, 0.15) is 18.1 Å². The Balaban J connectivity index is 1.23. The number of para-hydroxylation sites is 2. The van der Waals surface area contributed by atoms with Crippen LogP contribution in [-0.2, 0) is 9.59 Å². The molecule has 3 amide bonds. The van der Waals surface area contributed by atoms with Crippen LogP contribution < -0.4 is 4.90 Å². The predicted octanol–water partition coefficient (Wildman–Crippen LogP) is 4.24. The molecule has 0 spiro atoms. The van der Waals surface area contributed by atoms with Gasteiger partial charge in [0.05, 0.1) is 15.4 Å². The fourth-order valence-corrected chi connectivity index (χ4v) is 5.09. The first-order valence-corrected chi connectivity index (χ1v) is 12.4. The van der Waals surface area contributed by atoms with Crippen molar-refractivity contribution in [2.75, 3.05) is 37.6 Å². The zero-order valence-electron chi connectivity index (χ0n) is 19.6. The molecule has 0 saturated carbocycles. The molecule has 0 aliphatic carbocycles. The molecule has 1 aromatic heterocycles. The highest BCUT2D eigenvalue weighted by molar-refractivity contribution is 8.18. The van der Waals surface area contributed by atoms with Crippen molar-refractivity contribution >= 4 is 46.3 Å². The number of nitrogens with zero attached hydrogens (tertiary/aromatic N) is 4. The van der Waals surface area contributed by atoms with Crippen molar-refractivity contribution in [2.24, 2.45) is 0 Å². The summed E-state index contributed by atoms with van der Waals surface area (Å²) in [4.78, 5) is 54.0. The van der Waals surface area contributed by atoms with E-state index in [9.17, 15) is 24.5 Å². The lowest BCUT2D eigenvalue weighted by molar-refractivity contribution is -0.384. The Kier molecular flexibility index (Phi) is 6.78. The summed E-state index contributed by atoms with van der Waals surface area (Å²) in [6.45, 7) is 2.00. The molecule has 3 aromatic rings. The van der Waals surface area contributed by atoms with Gasteiger partial charge in [0.15, 0.2) is 0 Å².